The SMILES string of the molecule is O=C(c1ccc(Cl)c([N+](=O)[O-])c1)N1CCN(S(=O)(=O)c2ccc(C(F)(F)F)cc2)CC1. The summed E-state index contributed by atoms with van der Waals surface area (Å²) in [5, 5.41) is 10.9. The zero-order chi connectivity index (χ0) is 23.0. The molecule has 3 rings (SSSR count). The van der Waals surface area contributed by atoms with Crippen molar-refractivity contribution in [2.75, 3.05) is 26.2 Å². The molecule has 0 unspecified atom stereocenters. The topological polar surface area (TPSA) is 101 Å². The molecule has 1 heterocycles. The Balaban J connectivity index is 1.71. The normalized spacial score (nSPS) is 15.7. The standard InChI is InChI=1S/C18H15ClF3N3O5S/c19-15-6-1-12(11-16(15)25(27)28)17(26)23-7-9-24(10-8-23)31(29,30)14-4-2-13(3-5-14)18(20,21)22/h1-6,11H,7-10H2. The number of sulfonamides is 1. The van der Waals surface area contributed by atoms with E-state index >= 15 is 0 Å². The number of piperazine rings is 1. The summed E-state index contributed by atoms with van der Waals surface area (Å²) in [5.41, 5.74) is -1.34. The highest BCUT2D eigenvalue weighted by Crippen LogP contribution is 2.30. The highest BCUT2D eigenvalue weighted by Gasteiger charge is 2.33. The zero-order valence-corrected chi connectivity index (χ0v) is 17.2. The van der Waals surface area contributed by atoms with E-state index in [-0.39, 0.29) is 41.7 Å². The van der Waals surface area contributed by atoms with Gasteiger partial charge >= 0.3 is 6.18 Å². The number of halogens is 4. The molecule has 0 radical (unpaired) electrons. The Morgan fingerprint density at radius 2 is 1.61 bits per heavy atom. The number of rotatable bonds is 4. The van der Waals surface area contributed by atoms with Crippen LogP contribution in [0.4, 0.5) is 18.9 Å². The monoisotopic (exact) mass is 477 g/mol. The number of nitrogens with zero attached hydrogens (tertiary/aromatic N) is 3. The maximum absolute atomic E-state index is 12.7. The summed E-state index contributed by atoms with van der Waals surface area (Å²) in [5.74, 6) is -0.522. The molecule has 31 heavy (non-hydrogen) atoms. The Labute approximate surface area is 180 Å². The fourth-order valence-electron chi connectivity index (χ4n) is 3.06. The van der Waals surface area contributed by atoms with Gasteiger partial charge in [-0.25, -0.2) is 8.42 Å². The van der Waals surface area contributed by atoms with E-state index in [1.165, 1.54) is 17.0 Å². The van der Waals surface area contributed by atoms with E-state index in [4.69, 9.17) is 11.6 Å². The lowest BCUT2D eigenvalue weighted by Gasteiger charge is -2.34. The van der Waals surface area contributed by atoms with Gasteiger partial charge in [0.15, 0.2) is 0 Å². The molecular formula is C18H15ClF3N3O5S. The molecule has 0 saturated carbocycles. The number of hydrogen-bond donors (Lipinski definition) is 0. The van der Waals surface area contributed by atoms with Crippen LogP contribution in [0, 0.1) is 10.1 Å². The van der Waals surface area contributed by atoms with Gasteiger partial charge in [-0.1, -0.05) is 11.6 Å². The molecule has 0 aliphatic carbocycles. The fourth-order valence-corrected chi connectivity index (χ4v) is 4.67. The quantitative estimate of drug-likeness (QED) is 0.496. The molecule has 2 aromatic rings. The largest absolute Gasteiger partial charge is 0.416 e. The number of alkyl halides is 3. The molecule has 1 saturated heterocycles. The summed E-state index contributed by atoms with van der Waals surface area (Å²) in [6, 6.07) is 6.79. The Bertz CT molecular complexity index is 1120. The fraction of sp³-hybridized carbons (Fsp3) is 0.278. The maximum atomic E-state index is 12.7. The highest BCUT2D eigenvalue weighted by atomic mass is 35.5. The third kappa shape index (κ3) is 4.81. The van der Waals surface area contributed by atoms with Gasteiger partial charge in [0, 0.05) is 37.8 Å². The number of hydrogen-bond acceptors (Lipinski definition) is 5. The van der Waals surface area contributed by atoms with Gasteiger partial charge in [0.25, 0.3) is 11.6 Å². The number of benzene rings is 2. The van der Waals surface area contributed by atoms with E-state index in [1.54, 1.807) is 0 Å². The van der Waals surface area contributed by atoms with Crippen LogP contribution in [0.5, 0.6) is 0 Å². The number of carbonyl (C=O) groups is 1. The van der Waals surface area contributed by atoms with Crippen LogP contribution >= 0.6 is 11.6 Å². The van der Waals surface area contributed by atoms with Gasteiger partial charge in [-0.3, -0.25) is 14.9 Å². The van der Waals surface area contributed by atoms with Crippen LogP contribution in [-0.4, -0.2) is 54.6 Å². The summed E-state index contributed by atoms with van der Waals surface area (Å²) in [6.07, 6.45) is -4.58. The Kier molecular flexibility index (Phi) is 6.25. The first-order chi connectivity index (χ1) is 14.4. The van der Waals surface area contributed by atoms with Crippen molar-refractivity contribution >= 4 is 33.2 Å². The van der Waals surface area contributed by atoms with E-state index in [9.17, 15) is 36.5 Å². The molecule has 1 aliphatic heterocycles. The third-order valence-electron chi connectivity index (χ3n) is 4.74. The molecule has 0 spiro atoms. The molecule has 0 bridgehead atoms. The first-order valence-electron chi connectivity index (χ1n) is 8.82. The molecule has 1 aliphatic rings. The number of carbonyl (C=O) groups excluding carboxylic acids is 1. The van der Waals surface area contributed by atoms with Gasteiger partial charge < -0.3 is 4.90 Å². The van der Waals surface area contributed by atoms with E-state index in [1.807, 2.05) is 0 Å². The predicted molar refractivity (Wildman–Crippen MR) is 104 cm³/mol. The summed E-state index contributed by atoms with van der Waals surface area (Å²) >= 11 is 5.74. The van der Waals surface area contributed by atoms with Crippen LogP contribution in [0.25, 0.3) is 0 Å². The predicted octanol–water partition coefficient (Wildman–Crippen LogP) is 3.41. The van der Waals surface area contributed by atoms with Gasteiger partial charge in [-0.05, 0) is 36.4 Å². The zero-order valence-electron chi connectivity index (χ0n) is 15.7. The van der Waals surface area contributed by atoms with Crippen molar-refractivity contribution in [3.05, 3.63) is 68.7 Å². The van der Waals surface area contributed by atoms with Gasteiger partial charge in [-0.2, -0.15) is 17.5 Å². The second-order valence-electron chi connectivity index (χ2n) is 6.64. The lowest BCUT2D eigenvalue weighted by atomic mass is 10.1. The molecule has 8 nitrogen and oxygen atoms in total. The number of nitro benzene ring substituents is 1. The average molecular weight is 478 g/mol. The lowest BCUT2D eigenvalue weighted by Crippen LogP contribution is -2.50. The van der Waals surface area contributed by atoms with E-state index < -0.39 is 38.3 Å². The van der Waals surface area contributed by atoms with Gasteiger partial charge in [0.05, 0.1) is 15.4 Å². The van der Waals surface area contributed by atoms with Crippen LogP contribution in [0.15, 0.2) is 47.4 Å². The molecular weight excluding hydrogens is 463 g/mol. The van der Waals surface area contributed by atoms with Crippen molar-refractivity contribution < 1.29 is 31.3 Å². The van der Waals surface area contributed by atoms with Crippen LogP contribution < -0.4 is 0 Å². The van der Waals surface area contributed by atoms with Crippen molar-refractivity contribution in [3.63, 3.8) is 0 Å². The average Bonchev–Trinajstić information content (AvgIpc) is 2.73. The summed E-state index contributed by atoms with van der Waals surface area (Å²) in [7, 11) is -4.04. The Hall–Kier alpha value is -2.70. The van der Waals surface area contributed by atoms with Crippen LogP contribution in [0.1, 0.15) is 15.9 Å². The second-order valence-corrected chi connectivity index (χ2v) is 8.99. The first-order valence-corrected chi connectivity index (χ1v) is 10.6. The van der Waals surface area contributed by atoms with Crippen molar-refractivity contribution in [2.45, 2.75) is 11.1 Å². The van der Waals surface area contributed by atoms with Crippen molar-refractivity contribution in [3.8, 4) is 0 Å². The van der Waals surface area contributed by atoms with Crippen molar-refractivity contribution in [2.24, 2.45) is 0 Å². The van der Waals surface area contributed by atoms with Crippen molar-refractivity contribution in [1.82, 2.24) is 9.21 Å². The summed E-state index contributed by atoms with van der Waals surface area (Å²) in [6.45, 7) is -0.139. The smallest absolute Gasteiger partial charge is 0.336 e. The minimum atomic E-state index is -4.58. The second kappa shape index (κ2) is 8.44. The van der Waals surface area contributed by atoms with Gasteiger partial charge in [0.2, 0.25) is 10.0 Å². The first kappa shape index (κ1) is 23.0. The molecule has 0 atom stereocenters. The minimum absolute atomic E-state index is 0.00905. The molecule has 0 N–H and O–H groups in total. The van der Waals surface area contributed by atoms with E-state index in [0.29, 0.717) is 12.1 Å². The molecule has 0 aromatic heterocycles. The summed E-state index contributed by atoms with van der Waals surface area (Å²) < 4.78 is 64.5. The molecule has 2 aromatic carbocycles. The van der Waals surface area contributed by atoms with Crippen LogP contribution in [0.2, 0.25) is 5.02 Å². The lowest BCUT2D eigenvalue weighted by molar-refractivity contribution is -0.384. The van der Waals surface area contributed by atoms with Crippen LogP contribution in [0.3, 0.4) is 0 Å². The Morgan fingerprint density at radius 1 is 1.03 bits per heavy atom. The molecule has 166 valence electrons. The van der Waals surface area contributed by atoms with Gasteiger partial charge in [0.1, 0.15) is 5.02 Å². The Morgan fingerprint density at radius 3 is 2.13 bits per heavy atom. The van der Waals surface area contributed by atoms with Crippen molar-refractivity contribution in [1.29, 1.82) is 0 Å². The van der Waals surface area contributed by atoms with Gasteiger partial charge in [-0.15, -0.1) is 0 Å². The summed E-state index contributed by atoms with van der Waals surface area (Å²) in [4.78, 5) is 24.0. The third-order valence-corrected chi connectivity index (χ3v) is 6.97. The number of amides is 1. The minimum Gasteiger partial charge on any atom is -0.336 e. The molecule has 1 fully saturated rings. The van der Waals surface area contributed by atoms with E-state index in [0.717, 1.165) is 22.5 Å². The number of nitro groups is 1. The molecule has 1 amide bonds. The van der Waals surface area contributed by atoms with E-state index in [2.05, 4.69) is 0 Å². The molecule has 13 heteroatoms. The van der Waals surface area contributed by atoms with Crippen LogP contribution in [-0.2, 0) is 16.2 Å². The highest BCUT2D eigenvalue weighted by molar-refractivity contribution is 7.89. The maximum Gasteiger partial charge on any atom is 0.416 e.